The van der Waals surface area contributed by atoms with Crippen molar-refractivity contribution in [3.8, 4) is 5.75 Å². The van der Waals surface area contributed by atoms with E-state index in [0.717, 1.165) is 18.4 Å². The fourth-order valence-corrected chi connectivity index (χ4v) is 1.88. The van der Waals surface area contributed by atoms with Crippen LogP contribution in [-0.2, 0) is 9.53 Å². The van der Waals surface area contributed by atoms with E-state index in [4.69, 9.17) is 9.84 Å². The van der Waals surface area contributed by atoms with Gasteiger partial charge < -0.3 is 9.84 Å². The molecule has 3 nitrogen and oxygen atoms in total. The second-order valence-electron chi connectivity index (χ2n) is 4.90. The monoisotopic (exact) mass is 276 g/mol. The van der Waals surface area contributed by atoms with Crippen LogP contribution in [0.5, 0.6) is 5.75 Å². The van der Waals surface area contributed by atoms with Crippen LogP contribution < -0.4 is 0 Å². The molecule has 0 fully saturated rings. The van der Waals surface area contributed by atoms with Gasteiger partial charge in [-0.2, -0.15) is 0 Å². The number of benzene rings is 1. The van der Waals surface area contributed by atoms with Gasteiger partial charge in [0.1, 0.15) is 5.75 Å². The molecule has 1 N–H and O–H groups in total. The third kappa shape index (κ3) is 7.62. The number of phenolic OH excluding ortho intramolecular Hbond substituents is 1. The Kier molecular flexibility index (Phi) is 8.20. The molecule has 0 atom stereocenters. The second kappa shape index (κ2) is 10.1. The highest BCUT2D eigenvalue weighted by Gasteiger charge is 2.00. The standard InChI is InChI=1S/C17H24O3/c1-2-3-4-5-6-7-8-17(19)20-14-13-15-9-11-16(18)12-10-15/h9-14,18H,2-8H2,1H3. The fraction of sp³-hybridized carbons (Fsp3) is 0.471. The first-order valence-corrected chi connectivity index (χ1v) is 7.37. The summed E-state index contributed by atoms with van der Waals surface area (Å²) in [5, 5.41) is 9.14. The van der Waals surface area contributed by atoms with E-state index < -0.39 is 0 Å². The molecule has 20 heavy (non-hydrogen) atoms. The predicted octanol–water partition coefficient (Wildman–Crippen LogP) is 4.66. The van der Waals surface area contributed by atoms with E-state index in [2.05, 4.69) is 6.92 Å². The lowest BCUT2D eigenvalue weighted by molar-refractivity contribution is -0.138. The molecule has 0 aliphatic carbocycles. The normalized spacial score (nSPS) is 10.8. The Bertz CT molecular complexity index is 407. The van der Waals surface area contributed by atoms with Gasteiger partial charge in [-0.1, -0.05) is 51.2 Å². The van der Waals surface area contributed by atoms with Crippen molar-refractivity contribution in [3.05, 3.63) is 36.1 Å². The average molecular weight is 276 g/mol. The average Bonchev–Trinajstić information content (AvgIpc) is 2.45. The molecule has 1 rings (SSSR count). The Morgan fingerprint density at radius 3 is 2.45 bits per heavy atom. The van der Waals surface area contributed by atoms with Crippen molar-refractivity contribution in [2.75, 3.05) is 0 Å². The molecule has 0 amide bonds. The number of aromatic hydroxyl groups is 1. The van der Waals surface area contributed by atoms with Crippen molar-refractivity contribution in [1.82, 2.24) is 0 Å². The largest absolute Gasteiger partial charge is 0.508 e. The third-order valence-electron chi connectivity index (χ3n) is 3.09. The summed E-state index contributed by atoms with van der Waals surface area (Å²) in [6.07, 6.45) is 10.6. The molecule has 0 spiro atoms. The Morgan fingerprint density at radius 1 is 1.10 bits per heavy atom. The maximum absolute atomic E-state index is 11.5. The Morgan fingerprint density at radius 2 is 1.75 bits per heavy atom. The minimum absolute atomic E-state index is 0.185. The molecular weight excluding hydrogens is 252 g/mol. The van der Waals surface area contributed by atoms with E-state index in [9.17, 15) is 4.79 Å². The molecule has 0 aliphatic heterocycles. The number of hydrogen-bond donors (Lipinski definition) is 1. The number of unbranched alkanes of at least 4 members (excludes halogenated alkanes) is 5. The minimum atomic E-state index is -0.185. The van der Waals surface area contributed by atoms with Crippen molar-refractivity contribution in [1.29, 1.82) is 0 Å². The number of esters is 1. The topological polar surface area (TPSA) is 46.5 Å². The SMILES string of the molecule is CCCCCCCCC(=O)OC=Cc1ccc(O)cc1. The minimum Gasteiger partial charge on any atom is -0.508 e. The van der Waals surface area contributed by atoms with Crippen LogP contribution in [0.3, 0.4) is 0 Å². The molecule has 1 aromatic rings. The zero-order chi connectivity index (χ0) is 14.6. The summed E-state index contributed by atoms with van der Waals surface area (Å²) in [6, 6.07) is 6.70. The zero-order valence-corrected chi connectivity index (χ0v) is 12.2. The Hall–Kier alpha value is -1.77. The van der Waals surface area contributed by atoms with Gasteiger partial charge in [0.15, 0.2) is 0 Å². The van der Waals surface area contributed by atoms with E-state index in [1.54, 1.807) is 30.3 Å². The van der Waals surface area contributed by atoms with Crippen LogP contribution in [0.15, 0.2) is 30.5 Å². The third-order valence-corrected chi connectivity index (χ3v) is 3.09. The van der Waals surface area contributed by atoms with Crippen molar-refractivity contribution in [2.45, 2.75) is 51.9 Å². The van der Waals surface area contributed by atoms with Crippen LogP contribution in [0.2, 0.25) is 0 Å². The van der Waals surface area contributed by atoms with Gasteiger partial charge in [-0.3, -0.25) is 4.79 Å². The Balaban J connectivity index is 2.12. The van der Waals surface area contributed by atoms with E-state index in [1.807, 2.05) is 0 Å². The highest BCUT2D eigenvalue weighted by Crippen LogP contribution is 2.11. The molecule has 0 saturated heterocycles. The number of carbonyl (C=O) groups is 1. The van der Waals surface area contributed by atoms with Crippen molar-refractivity contribution >= 4 is 12.0 Å². The first kappa shape index (κ1) is 16.3. The number of carbonyl (C=O) groups excluding carboxylic acids is 1. The number of hydrogen-bond acceptors (Lipinski definition) is 3. The van der Waals surface area contributed by atoms with E-state index in [0.29, 0.717) is 6.42 Å². The van der Waals surface area contributed by atoms with Crippen molar-refractivity contribution in [2.24, 2.45) is 0 Å². The summed E-state index contributed by atoms with van der Waals surface area (Å²) in [7, 11) is 0. The lowest BCUT2D eigenvalue weighted by Crippen LogP contribution is -1.98. The number of rotatable bonds is 9. The lowest BCUT2D eigenvalue weighted by Gasteiger charge is -2.00. The Labute approximate surface area is 121 Å². The van der Waals surface area contributed by atoms with Crippen LogP contribution in [-0.4, -0.2) is 11.1 Å². The summed E-state index contributed by atoms with van der Waals surface area (Å²) in [5.74, 6) is 0.0396. The van der Waals surface area contributed by atoms with Gasteiger partial charge in [0.25, 0.3) is 0 Å². The highest BCUT2D eigenvalue weighted by atomic mass is 16.5. The van der Waals surface area contributed by atoms with Gasteiger partial charge >= 0.3 is 5.97 Å². The molecule has 0 heterocycles. The quantitative estimate of drug-likeness (QED) is 0.405. The molecule has 110 valence electrons. The van der Waals surface area contributed by atoms with Gasteiger partial charge in [0, 0.05) is 6.42 Å². The summed E-state index contributed by atoms with van der Waals surface area (Å²) in [5.41, 5.74) is 0.884. The first-order chi connectivity index (χ1) is 9.72. The molecule has 0 radical (unpaired) electrons. The van der Waals surface area contributed by atoms with Gasteiger partial charge in [-0.05, 0) is 30.2 Å². The first-order valence-electron chi connectivity index (χ1n) is 7.37. The van der Waals surface area contributed by atoms with Crippen LogP contribution in [0.1, 0.15) is 57.4 Å². The predicted molar refractivity (Wildman–Crippen MR) is 81.2 cm³/mol. The van der Waals surface area contributed by atoms with Crippen molar-refractivity contribution < 1.29 is 14.6 Å². The summed E-state index contributed by atoms with van der Waals surface area (Å²) < 4.78 is 5.02. The second-order valence-corrected chi connectivity index (χ2v) is 4.90. The van der Waals surface area contributed by atoms with Crippen LogP contribution in [0, 0.1) is 0 Å². The maximum Gasteiger partial charge on any atom is 0.310 e. The molecular formula is C17H24O3. The fourth-order valence-electron chi connectivity index (χ4n) is 1.88. The summed E-state index contributed by atoms with van der Waals surface area (Å²) >= 11 is 0. The van der Waals surface area contributed by atoms with Crippen molar-refractivity contribution in [3.63, 3.8) is 0 Å². The van der Waals surface area contributed by atoms with Crippen LogP contribution in [0.4, 0.5) is 0 Å². The van der Waals surface area contributed by atoms with Crippen LogP contribution in [0.25, 0.3) is 6.08 Å². The maximum atomic E-state index is 11.5. The van der Waals surface area contributed by atoms with Gasteiger partial charge in [-0.15, -0.1) is 0 Å². The zero-order valence-electron chi connectivity index (χ0n) is 12.2. The van der Waals surface area contributed by atoms with Gasteiger partial charge in [0.05, 0.1) is 6.26 Å². The summed E-state index contributed by atoms with van der Waals surface area (Å²) in [6.45, 7) is 2.19. The molecule has 0 aromatic heterocycles. The van der Waals surface area contributed by atoms with E-state index in [1.165, 1.54) is 31.9 Å². The lowest BCUT2D eigenvalue weighted by atomic mass is 10.1. The molecule has 3 heteroatoms. The molecule has 0 unspecified atom stereocenters. The van der Waals surface area contributed by atoms with Gasteiger partial charge in [-0.25, -0.2) is 0 Å². The van der Waals surface area contributed by atoms with Crippen LogP contribution >= 0.6 is 0 Å². The molecule has 1 aromatic carbocycles. The molecule has 0 bridgehead atoms. The molecule has 0 saturated carbocycles. The van der Waals surface area contributed by atoms with E-state index >= 15 is 0 Å². The number of ether oxygens (including phenoxy) is 1. The molecule has 0 aliphatic rings. The van der Waals surface area contributed by atoms with E-state index in [-0.39, 0.29) is 11.7 Å². The highest BCUT2D eigenvalue weighted by molar-refractivity contribution is 5.70. The van der Waals surface area contributed by atoms with Gasteiger partial charge in [0.2, 0.25) is 0 Å². The summed E-state index contributed by atoms with van der Waals surface area (Å²) in [4.78, 5) is 11.5. The number of phenols is 1. The smallest absolute Gasteiger partial charge is 0.310 e.